The monoisotopic (exact) mass is 330 g/mol. The van der Waals surface area contributed by atoms with E-state index in [-0.39, 0.29) is 29.4 Å². The molecule has 0 aliphatic carbocycles. The maximum absolute atomic E-state index is 12.4. The highest BCUT2D eigenvalue weighted by Gasteiger charge is 2.22. The number of fused-ring (bicyclic) bond motifs is 1. The second kappa shape index (κ2) is 7.11. The number of ether oxygens (including phenoxy) is 1. The second-order valence-electron chi connectivity index (χ2n) is 6.22. The predicted octanol–water partition coefficient (Wildman–Crippen LogP) is 0.762. The van der Waals surface area contributed by atoms with Crippen LogP contribution in [0.4, 0.5) is 0 Å². The van der Waals surface area contributed by atoms with E-state index in [9.17, 15) is 9.59 Å². The molecule has 0 bridgehead atoms. The third-order valence-electron chi connectivity index (χ3n) is 4.12. The number of nitrogens with zero attached hydrogens (tertiary/aromatic N) is 2. The minimum atomic E-state index is -0.293. The molecule has 0 saturated carbocycles. The lowest BCUT2D eigenvalue weighted by Gasteiger charge is -2.35. The van der Waals surface area contributed by atoms with Crippen molar-refractivity contribution >= 4 is 16.7 Å². The van der Waals surface area contributed by atoms with Crippen molar-refractivity contribution in [3.05, 3.63) is 40.3 Å². The smallest absolute Gasteiger partial charge is 0.272 e. The summed E-state index contributed by atoms with van der Waals surface area (Å²) in [4.78, 5) is 26.4. The van der Waals surface area contributed by atoms with E-state index in [1.165, 1.54) is 0 Å². The van der Waals surface area contributed by atoms with Crippen molar-refractivity contribution in [3.63, 3.8) is 0 Å². The molecule has 0 radical (unpaired) electrons. The van der Waals surface area contributed by atoms with E-state index in [1.54, 1.807) is 24.3 Å². The predicted molar refractivity (Wildman–Crippen MR) is 91.1 cm³/mol. The topological polar surface area (TPSA) is 87.3 Å². The molecule has 1 aliphatic rings. The van der Waals surface area contributed by atoms with E-state index in [0.29, 0.717) is 17.3 Å². The van der Waals surface area contributed by atoms with Crippen LogP contribution in [0.5, 0.6) is 0 Å². The molecule has 2 N–H and O–H groups in total. The number of benzene rings is 1. The molecule has 7 nitrogen and oxygen atoms in total. The summed E-state index contributed by atoms with van der Waals surface area (Å²) < 4.78 is 5.70. The quantitative estimate of drug-likeness (QED) is 0.864. The SMILES string of the molecule is CC1CN(CCNC(=O)c2n[nH]c(=O)c3ccccc23)CC(C)O1. The minimum Gasteiger partial charge on any atom is -0.373 e. The van der Waals surface area contributed by atoms with Gasteiger partial charge in [0.05, 0.1) is 17.6 Å². The number of aromatic amines is 1. The average Bonchev–Trinajstić information content (AvgIpc) is 2.54. The Bertz CT molecular complexity index is 779. The van der Waals surface area contributed by atoms with Gasteiger partial charge in [0.25, 0.3) is 11.5 Å². The summed E-state index contributed by atoms with van der Waals surface area (Å²) in [5.41, 5.74) is -0.0487. The molecule has 128 valence electrons. The van der Waals surface area contributed by atoms with Crippen LogP contribution in [0.2, 0.25) is 0 Å². The summed E-state index contributed by atoms with van der Waals surface area (Å²) in [5, 5.41) is 10.2. The van der Waals surface area contributed by atoms with Crippen molar-refractivity contribution in [2.75, 3.05) is 26.2 Å². The van der Waals surface area contributed by atoms with Gasteiger partial charge in [-0.05, 0) is 19.9 Å². The molecule has 24 heavy (non-hydrogen) atoms. The van der Waals surface area contributed by atoms with Crippen LogP contribution in [0.3, 0.4) is 0 Å². The van der Waals surface area contributed by atoms with Gasteiger partial charge in [0.2, 0.25) is 0 Å². The zero-order chi connectivity index (χ0) is 17.1. The van der Waals surface area contributed by atoms with Gasteiger partial charge in [0.1, 0.15) is 0 Å². The van der Waals surface area contributed by atoms with Crippen LogP contribution in [-0.2, 0) is 4.74 Å². The van der Waals surface area contributed by atoms with Gasteiger partial charge in [-0.2, -0.15) is 5.10 Å². The van der Waals surface area contributed by atoms with Crippen LogP contribution in [-0.4, -0.2) is 59.4 Å². The fourth-order valence-corrected chi connectivity index (χ4v) is 3.17. The number of carbonyl (C=O) groups is 1. The summed E-state index contributed by atoms with van der Waals surface area (Å²) in [6.45, 7) is 7.10. The average molecular weight is 330 g/mol. The minimum absolute atomic E-state index is 0.203. The molecule has 1 amide bonds. The van der Waals surface area contributed by atoms with Gasteiger partial charge >= 0.3 is 0 Å². The molecule has 7 heteroatoms. The first-order valence-corrected chi connectivity index (χ1v) is 8.18. The molecule has 1 saturated heterocycles. The van der Waals surface area contributed by atoms with Crippen molar-refractivity contribution in [1.29, 1.82) is 0 Å². The fourth-order valence-electron chi connectivity index (χ4n) is 3.17. The van der Waals surface area contributed by atoms with E-state index in [1.807, 2.05) is 0 Å². The maximum atomic E-state index is 12.4. The molecule has 0 spiro atoms. The Morgan fingerprint density at radius 2 is 1.96 bits per heavy atom. The largest absolute Gasteiger partial charge is 0.373 e. The highest BCUT2D eigenvalue weighted by atomic mass is 16.5. The van der Waals surface area contributed by atoms with Gasteiger partial charge in [0, 0.05) is 31.6 Å². The molecule has 1 aliphatic heterocycles. The lowest BCUT2D eigenvalue weighted by molar-refractivity contribution is -0.0672. The number of H-pyrrole nitrogens is 1. The first-order valence-electron chi connectivity index (χ1n) is 8.18. The highest BCUT2D eigenvalue weighted by molar-refractivity contribution is 6.04. The van der Waals surface area contributed by atoms with Crippen molar-refractivity contribution in [1.82, 2.24) is 20.4 Å². The normalized spacial score (nSPS) is 21.8. The van der Waals surface area contributed by atoms with Crippen LogP contribution >= 0.6 is 0 Å². The Balaban J connectivity index is 1.64. The molecule has 1 aromatic carbocycles. The van der Waals surface area contributed by atoms with Gasteiger partial charge in [0.15, 0.2) is 5.69 Å². The van der Waals surface area contributed by atoms with Gasteiger partial charge in [-0.1, -0.05) is 18.2 Å². The number of rotatable bonds is 4. The number of hydrogen-bond acceptors (Lipinski definition) is 5. The molecule has 2 unspecified atom stereocenters. The number of hydrogen-bond donors (Lipinski definition) is 2. The Morgan fingerprint density at radius 3 is 2.67 bits per heavy atom. The van der Waals surface area contributed by atoms with Gasteiger partial charge in [-0.3, -0.25) is 14.5 Å². The molecule has 1 aromatic heterocycles. The van der Waals surface area contributed by atoms with Crippen molar-refractivity contribution < 1.29 is 9.53 Å². The van der Waals surface area contributed by atoms with Crippen LogP contribution in [0.15, 0.2) is 29.1 Å². The maximum Gasteiger partial charge on any atom is 0.272 e. The summed E-state index contributed by atoms with van der Waals surface area (Å²) in [6.07, 6.45) is 0.406. The van der Waals surface area contributed by atoms with Crippen LogP contribution in [0.25, 0.3) is 10.8 Å². The number of morpholine rings is 1. The lowest BCUT2D eigenvalue weighted by atomic mass is 10.1. The fraction of sp³-hybridized carbons (Fsp3) is 0.471. The van der Waals surface area contributed by atoms with Crippen LogP contribution < -0.4 is 10.9 Å². The first kappa shape index (κ1) is 16.6. The van der Waals surface area contributed by atoms with Crippen LogP contribution in [0.1, 0.15) is 24.3 Å². The number of aromatic nitrogens is 2. The van der Waals surface area contributed by atoms with E-state index in [2.05, 4.69) is 34.3 Å². The summed E-state index contributed by atoms with van der Waals surface area (Å²) >= 11 is 0. The Morgan fingerprint density at radius 1 is 1.29 bits per heavy atom. The number of nitrogens with one attached hydrogen (secondary N) is 2. The second-order valence-corrected chi connectivity index (χ2v) is 6.22. The Hall–Kier alpha value is -2.25. The third-order valence-corrected chi connectivity index (χ3v) is 4.12. The van der Waals surface area contributed by atoms with Crippen molar-refractivity contribution in [2.24, 2.45) is 0 Å². The molecule has 2 aromatic rings. The van der Waals surface area contributed by atoms with Gasteiger partial charge in [-0.25, -0.2) is 5.10 Å². The van der Waals surface area contributed by atoms with Gasteiger partial charge in [-0.15, -0.1) is 0 Å². The number of amides is 1. The highest BCUT2D eigenvalue weighted by Crippen LogP contribution is 2.12. The zero-order valence-electron chi connectivity index (χ0n) is 13.9. The molecule has 2 heterocycles. The summed E-state index contributed by atoms with van der Waals surface area (Å²) in [5.74, 6) is -0.281. The first-order chi connectivity index (χ1) is 11.5. The lowest BCUT2D eigenvalue weighted by Crippen LogP contribution is -2.47. The third kappa shape index (κ3) is 3.63. The molecular weight excluding hydrogens is 308 g/mol. The molecular formula is C17H22N4O3. The van der Waals surface area contributed by atoms with Crippen molar-refractivity contribution in [3.8, 4) is 0 Å². The zero-order valence-corrected chi connectivity index (χ0v) is 13.9. The molecule has 2 atom stereocenters. The van der Waals surface area contributed by atoms with E-state index in [4.69, 9.17) is 4.74 Å². The van der Waals surface area contributed by atoms with Crippen LogP contribution in [0, 0.1) is 0 Å². The molecule has 3 rings (SSSR count). The Labute approximate surface area is 140 Å². The van der Waals surface area contributed by atoms with E-state index >= 15 is 0 Å². The van der Waals surface area contributed by atoms with E-state index in [0.717, 1.165) is 19.6 Å². The number of carbonyl (C=O) groups excluding carboxylic acids is 1. The Kier molecular flexibility index (Phi) is 4.92. The van der Waals surface area contributed by atoms with Gasteiger partial charge < -0.3 is 10.1 Å². The molecule has 1 fully saturated rings. The van der Waals surface area contributed by atoms with E-state index < -0.39 is 0 Å². The standard InChI is InChI=1S/C17H22N4O3/c1-11-9-21(10-12(2)24-11)8-7-18-17(23)15-13-5-3-4-6-14(13)16(22)20-19-15/h3-6,11-12H,7-10H2,1-2H3,(H,18,23)(H,20,22). The summed E-state index contributed by atoms with van der Waals surface area (Å²) in [7, 11) is 0. The summed E-state index contributed by atoms with van der Waals surface area (Å²) in [6, 6.07) is 6.97. The van der Waals surface area contributed by atoms with Crippen molar-refractivity contribution in [2.45, 2.75) is 26.1 Å².